The Kier molecular flexibility index (Phi) is 7.54. The predicted molar refractivity (Wildman–Crippen MR) is 137 cm³/mol. The number of nitrogens with zero attached hydrogens (tertiary/aromatic N) is 8. The van der Waals surface area contributed by atoms with Crippen LogP contribution in [0.4, 0.5) is 17.2 Å². The molecule has 0 aliphatic rings. The number of amides is 1. The number of hydrogen-bond acceptors (Lipinski definition) is 10. The van der Waals surface area contributed by atoms with E-state index in [4.69, 9.17) is 10.4 Å². The molecule has 0 radical (unpaired) electrons. The van der Waals surface area contributed by atoms with Crippen molar-refractivity contribution in [2.75, 3.05) is 35.7 Å². The second kappa shape index (κ2) is 11.1. The zero-order valence-electron chi connectivity index (χ0n) is 20.4. The summed E-state index contributed by atoms with van der Waals surface area (Å²) in [7, 11) is 1.89. The fourth-order valence-electron chi connectivity index (χ4n) is 3.70. The second-order valence-corrected chi connectivity index (χ2v) is 7.92. The molecular formula is C24H28N10O2. The van der Waals surface area contributed by atoms with Gasteiger partial charge in [0.2, 0.25) is 11.6 Å². The summed E-state index contributed by atoms with van der Waals surface area (Å²) < 4.78 is 6.05. The number of nitrogen functional groups attached to an aromatic ring is 1. The molecule has 186 valence electrons. The number of nitrogens with one attached hydrogen (secondary N) is 1. The van der Waals surface area contributed by atoms with Gasteiger partial charge in [-0.2, -0.15) is 9.78 Å². The largest absolute Gasteiger partial charge is 0.378 e. The number of nitrogens with two attached hydrogens (primary N) is 1. The Balaban J connectivity index is 1.54. The molecule has 0 spiro atoms. The van der Waals surface area contributed by atoms with Crippen molar-refractivity contribution in [3.63, 3.8) is 0 Å². The third kappa shape index (κ3) is 5.32. The molecule has 36 heavy (non-hydrogen) atoms. The van der Waals surface area contributed by atoms with Crippen LogP contribution >= 0.6 is 0 Å². The first-order chi connectivity index (χ1) is 17.5. The van der Waals surface area contributed by atoms with E-state index in [-0.39, 0.29) is 23.9 Å². The van der Waals surface area contributed by atoms with Gasteiger partial charge in [-0.25, -0.2) is 10.1 Å². The first kappa shape index (κ1) is 24.4. The van der Waals surface area contributed by atoms with Crippen LogP contribution in [0.3, 0.4) is 0 Å². The molecule has 2 aromatic carbocycles. The van der Waals surface area contributed by atoms with E-state index >= 15 is 0 Å². The van der Waals surface area contributed by atoms with Crippen LogP contribution in [0.5, 0.6) is 0 Å². The average molecular weight is 489 g/mol. The van der Waals surface area contributed by atoms with Gasteiger partial charge in [0.15, 0.2) is 5.69 Å². The molecule has 1 amide bonds. The molecule has 3 N–H and O–H groups in total. The molecule has 0 fully saturated rings. The maximum atomic E-state index is 13.0. The SMILES string of the molecule is CCN(CC)c1ccc(/C=N\NC(=O)c2nnn(-c3nonc3N)c2CN(C)c2ccccc2)cc1. The Labute approximate surface area is 208 Å². The lowest BCUT2D eigenvalue weighted by Crippen LogP contribution is -2.24. The second-order valence-electron chi connectivity index (χ2n) is 7.92. The highest BCUT2D eigenvalue weighted by molar-refractivity contribution is 5.94. The van der Waals surface area contributed by atoms with Crippen LogP contribution in [0.15, 0.2) is 64.3 Å². The van der Waals surface area contributed by atoms with Gasteiger partial charge in [0.1, 0.15) is 0 Å². The summed E-state index contributed by atoms with van der Waals surface area (Å²) in [6.07, 6.45) is 1.57. The summed E-state index contributed by atoms with van der Waals surface area (Å²) in [5, 5.41) is 19.6. The predicted octanol–water partition coefficient (Wildman–Crippen LogP) is 2.48. The summed E-state index contributed by atoms with van der Waals surface area (Å²) in [4.78, 5) is 17.2. The Morgan fingerprint density at radius 3 is 2.44 bits per heavy atom. The number of rotatable bonds is 10. The van der Waals surface area contributed by atoms with E-state index in [2.05, 4.69) is 49.9 Å². The molecule has 0 bridgehead atoms. The van der Waals surface area contributed by atoms with E-state index in [0.29, 0.717) is 5.69 Å². The van der Waals surface area contributed by atoms with Gasteiger partial charge in [-0.1, -0.05) is 35.5 Å². The lowest BCUT2D eigenvalue weighted by Gasteiger charge is -2.20. The highest BCUT2D eigenvalue weighted by Crippen LogP contribution is 2.20. The number of carbonyl (C=O) groups is 1. The Morgan fingerprint density at radius 2 is 1.81 bits per heavy atom. The summed E-state index contributed by atoms with van der Waals surface area (Å²) in [6.45, 7) is 6.37. The van der Waals surface area contributed by atoms with Crippen LogP contribution in [0, 0.1) is 0 Å². The van der Waals surface area contributed by atoms with Crippen molar-refractivity contribution in [2.45, 2.75) is 20.4 Å². The number of anilines is 3. The van der Waals surface area contributed by atoms with Crippen molar-refractivity contribution < 1.29 is 9.42 Å². The van der Waals surface area contributed by atoms with Crippen molar-refractivity contribution in [3.05, 3.63) is 71.5 Å². The quantitative estimate of drug-likeness (QED) is 0.254. The Bertz CT molecular complexity index is 1310. The zero-order valence-corrected chi connectivity index (χ0v) is 20.4. The van der Waals surface area contributed by atoms with Crippen molar-refractivity contribution >= 4 is 29.3 Å². The van der Waals surface area contributed by atoms with E-state index < -0.39 is 5.91 Å². The molecule has 4 rings (SSSR count). The fourth-order valence-corrected chi connectivity index (χ4v) is 3.70. The van der Waals surface area contributed by atoms with Crippen molar-refractivity contribution in [1.82, 2.24) is 30.7 Å². The van der Waals surface area contributed by atoms with Gasteiger partial charge >= 0.3 is 0 Å². The maximum Gasteiger partial charge on any atom is 0.293 e. The van der Waals surface area contributed by atoms with Crippen molar-refractivity contribution in [1.29, 1.82) is 0 Å². The molecule has 0 aliphatic carbocycles. The lowest BCUT2D eigenvalue weighted by molar-refractivity contribution is 0.0949. The Morgan fingerprint density at radius 1 is 1.08 bits per heavy atom. The van der Waals surface area contributed by atoms with Gasteiger partial charge in [0, 0.05) is 31.5 Å². The fraction of sp³-hybridized carbons (Fsp3) is 0.250. The summed E-state index contributed by atoms with van der Waals surface area (Å²) in [6, 6.07) is 17.6. The minimum absolute atomic E-state index is 0.0293. The molecule has 4 aromatic rings. The van der Waals surface area contributed by atoms with Gasteiger partial charge in [-0.05, 0) is 54.0 Å². The molecule has 0 atom stereocenters. The molecule has 2 aromatic heterocycles. The third-order valence-corrected chi connectivity index (χ3v) is 5.66. The standard InChI is InChI=1S/C24H28N10O2/c1-4-33(5-2)19-13-11-17(12-14-19)15-26-28-24(35)21-20(16-32(3)18-9-7-6-8-10-18)34(31-27-21)23-22(25)29-36-30-23/h6-15H,4-5,16H2,1-3H3,(H2,25,29)(H,28,35)/b26-15-. The zero-order chi connectivity index (χ0) is 25.5. The van der Waals surface area contributed by atoms with E-state index in [9.17, 15) is 4.79 Å². The van der Waals surface area contributed by atoms with Crippen LogP contribution in [0.25, 0.3) is 5.82 Å². The first-order valence-electron chi connectivity index (χ1n) is 11.5. The molecule has 2 heterocycles. The number of hydrazone groups is 1. The highest BCUT2D eigenvalue weighted by atomic mass is 16.6. The highest BCUT2D eigenvalue weighted by Gasteiger charge is 2.25. The van der Waals surface area contributed by atoms with Gasteiger partial charge in [0.05, 0.1) is 18.5 Å². The van der Waals surface area contributed by atoms with Crippen LogP contribution < -0.4 is 21.0 Å². The van der Waals surface area contributed by atoms with Gasteiger partial charge in [-0.3, -0.25) is 4.79 Å². The van der Waals surface area contributed by atoms with Gasteiger partial charge in [-0.15, -0.1) is 5.10 Å². The first-order valence-corrected chi connectivity index (χ1v) is 11.5. The molecule has 0 saturated carbocycles. The van der Waals surface area contributed by atoms with Gasteiger partial charge in [0.25, 0.3) is 5.91 Å². The number of benzene rings is 2. The molecule has 12 nitrogen and oxygen atoms in total. The molecular weight excluding hydrogens is 460 g/mol. The number of aromatic nitrogens is 5. The monoisotopic (exact) mass is 488 g/mol. The average Bonchev–Trinajstić information content (AvgIpc) is 3.51. The molecule has 12 heteroatoms. The summed E-state index contributed by atoms with van der Waals surface area (Å²) in [5.41, 5.74) is 11.8. The molecule has 0 saturated heterocycles. The Hall–Kier alpha value is -4.74. The van der Waals surface area contributed by atoms with Crippen LogP contribution in [-0.4, -0.2) is 57.6 Å². The van der Waals surface area contributed by atoms with Crippen LogP contribution in [-0.2, 0) is 6.54 Å². The smallest absolute Gasteiger partial charge is 0.293 e. The summed E-state index contributed by atoms with van der Waals surface area (Å²) in [5.74, 6) is -0.347. The number of hydrogen-bond donors (Lipinski definition) is 2. The molecule has 0 unspecified atom stereocenters. The number of carbonyl (C=O) groups excluding carboxylic acids is 1. The van der Waals surface area contributed by atoms with E-state index in [1.54, 1.807) is 6.21 Å². The van der Waals surface area contributed by atoms with Gasteiger partial charge < -0.3 is 15.5 Å². The lowest BCUT2D eigenvalue weighted by atomic mass is 10.2. The third-order valence-electron chi connectivity index (χ3n) is 5.66. The molecule has 0 aliphatic heterocycles. The summed E-state index contributed by atoms with van der Waals surface area (Å²) >= 11 is 0. The van der Waals surface area contributed by atoms with Crippen molar-refractivity contribution in [3.8, 4) is 5.82 Å². The van der Waals surface area contributed by atoms with E-state index in [1.165, 1.54) is 4.68 Å². The maximum absolute atomic E-state index is 13.0. The normalized spacial score (nSPS) is 11.1. The van der Waals surface area contributed by atoms with Crippen LogP contribution in [0.2, 0.25) is 0 Å². The minimum atomic E-state index is -0.524. The number of para-hydroxylation sites is 1. The topological polar surface area (TPSA) is 144 Å². The van der Waals surface area contributed by atoms with Crippen LogP contribution in [0.1, 0.15) is 35.6 Å². The van der Waals surface area contributed by atoms with E-state index in [0.717, 1.165) is 30.0 Å². The van der Waals surface area contributed by atoms with E-state index in [1.807, 2.05) is 66.5 Å². The minimum Gasteiger partial charge on any atom is -0.378 e. The van der Waals surface area contributed by atoms with Crippen molar-refractivity contribution in [2.24, 2.45) is 5.10 Å².